The molecular weight excluding hydrogens is 248 g/mol. The third-order valence-corrected chi connectivity index (χ3v) is 2.12. The number of hydrogen-bond donors (Lipinski definition) is 0. The lowest BCUT2D eigenvalue weighted by Gasteiger charge is -2.08. The van der Waals surface area contributed by atoms with Crippen molar-refractivity contribution in [3.05, 3.63) is 29.8 Å². The van der Waals surface area contributed by atoms with Gasteiger partial charge < -0.3 is 13.9 Å². The lowest BCUT2D eigenvalue weighted by molar-refractivity contribution is 0.0522. The number of rotatable bonds is 5. The van der Waals surface area contributed by atoms with E-state index in [1.807, 2.05) is 19.9 Å². The first-order chi connectivity index (χ1) is 8.71. The molecule has 0 atom stereocenters. The van der Waals surface area contributed by atoms with Crippen LogP contribution in [0.5, 0.6) is 5.75 Å². The van der Waals surface area contributed by atoms with E-state index in [0.29, 0.717) is 24.5 Å². The predicted octanol–water partition coefficient (Wildman–Crippen LogP) is 2.37. The largest absolute Gasteiger partial charge is 0.493 e. The molecule has 0 heterocycles. The van der Waals surface area contributed by atoms with Crippen molar-refractivity contribution in [3.8, 4) is 5.75 Å². The summed E-state index contributed by atoms with van der Waals surface area (Å²) >= 11 is 0. The van der Waals surface area contributed by atoms with Gasteiger partial charge in [0.05, 0.1) is 13.2 Å². The molecule has 1 aromatic rings. The minimum atomic E-state index is -0.337. The predicted molar refractivity (Wildman–Crippen MR) is 70.9 cm³/mol. The monoisotopic (exact) mass is 267 g/mol. The number of ether oxygens (including phenoxy) is 2. The van der Waals surface area contributed by atoms with Gasteiger partial charge in [-0.1, -0.05) is 12.1 Å². The van der Waals surface area contributed by atoms with E-state index >= 15 is 0 Å². The summed E-state index contributed by atoms with van der Waals surface area (Å²) in [7, 11) is 2.79. The van der Waals surface area contributed by atoms with Gasteiger partial charge in [0, 0.05) is 6.61 Å². The highest BCUT2D eigenvalue weighted by atomic mass is 28.2. The normalized spacial score (nSPS) is 9.11. The first-order valence-corrected chi connectivity index (χ1v) is 6.29. The van der Waals surface area contributed by atoms with E-state index in [1.54, 1.807) is 25.1 Å². The van der Waals surface area contributed by atoms with Gasteiger partial charge in [-0.05, 0) is 32.9 Å². The highest BCUT2D eigenvalue weighted by Crippen LogP contribution is 2.18. The maximum absolute atomic E-state index is 11.4. The van der Waals surface area contributed by atoms with Crippen molar-refractivity contribution in [2.75, 3.05) is 19.8 Å². The van der Waals surface area contributed by atoms with Crippen molar-refractivity contribution >= 4 is 16.5 Å². The molecule has 0 saturated heterocycles. The molecule has 0 aromatic heterocycles. The van der Waals surface area contributed by atoms with Gasteiger partial charge in [-0.3, -0.25) is 0 Å². The summed E-state index contributed by atoms with van der Waals surface area (Å²) in [6.07, 6.45) is 0. The Kier molecular flexibility index (Phi) is 10.00. The van der Waals surface area contributed by atoms with Crippen LogP contribution in [0.4, 0.5) is 0 Å². The summed E-state index contributed by atoms with van der Waals surface area (Å²) in [5.74, 6) is 0.241. The fraction of sp³-hybridized carbons (Fsp3) is 0.462. The number of carbonyl (C=O) groups is 1. The van der Waals surface area contributed by atoms with Crippen molar-refractivity contribution in [1.29, 1.82) is 0 Å². The Bertz CT molecular complexity index is 340. The van der Waals surface area contributed by atoms with Crippen LogP contribution >= 0.6 is 0 Å². The Morgan fingerprint density at radius 3 is 2.22 bits per heavy atom. The second-order valence-electron chi connectivity index (χ2n) is 3.08. The zero-order chi connectivity index (χ0) is 13.8. The van der Waals surface area contributed by atoms with Crippen LogP contribution < -0.4 is 4.74 Å². The Morgan fingerprint density at radius 2 is 1.72 bits per heavy atom. The van der Waals surface area contributed by atoms with E-state index < -0.39 is 0 Å². The maximum Gasteiger partial charge on any atom is 0.341 e. The minimum absolute atomic E-state index is 0.337. The second kappa shape index (κ2) is 10.8. The highest BCUT2D eigenvalue weighted by molar-refractivity contribution is 5.97. The number of carbonyl (C=O) groups excluding carboxylic acids is 1. The molecule has 4 nitrogen and oxygen atoms in total. The van der Waals surface area contributed by atoms with Crippen LogP contribution in [0.3, 0.4) is 0 Å². The van der Waals surface area contributed by atoms with Crippen LogP contribution in [-0.2, 0) is 9.16 Å². The molecule has 0 saturated carbocycles. The Labute approximate surface area is 112 Å². The molecule has 1 aromatic carbocycles. The number of esters is 1. The lowest BCUT2D eigenvalue weighted by Crippen LogP contribution is -2.07. The molecule has 5 heteroatoms. The summed E-state index contributed by atoms with van der Waals surface area (Å²) in [5.41, 5.74) is 0.483. The van der Waals surface area contributed by atoms with E-state index in [0.717, 1.165) is 6.61 Å². The highest BCUT2D eigenvalue weighted by Gasteiger charge is 2.11. The first kappa shape index (κ1) is 16.7. The number of hydrogen-bond acceptors (Lipinski definition) is 4. The lowest BCUT2D eigenvalue weighted by atomic mass is 10.2. The van der Waals surface area contributed by atoms with Crippen LogP contribution in [0, 0.1) is 0 Å². The molecule has 1 rings (SSSR count). The standard InChI is InChI=1S/C11H14O3.C2H5OSi/c1-3-13-10-8-6-5-7-9(10)11(12)14-4-2;1-2-3-4/h5-8H,3-4H2,1-2H3;2H2,1H3. The topological polar surface area (TPSA) is 44.8 Å². The summed E-state index contributed by atoms with van der Waals surface area (Å²) in [6, 6.07) is 7.07. The Balaban J connectivity index is 0.000000631. The van der Waals surface area contributed by atoms with Crippen molar-refractivity contribution in [2.45, 2.75) is 20.8 Å². The molecule has 18 heavy (non-hydrogen) atoms. The van der Waals surface area contributed by atoms with Gasteiger partial charge in [-0.2, -0.15) is 0 Å². The van der Waals surface area contributed by atoms with E-state index in [2.05, 4.69) is 14.9 Å². The fourth-order valence-corrected chi connectivity index (χ4v) is 1.13. The third kappa shape index (κ3) is 6.41. The molecule has 0 aliphatic heterocycles. The molecule has 0 spiro atoms. The van der Waals surface area contributed by atoms with Gasteiger partial charge in [-0.25, -0.2) is 4.79 Å². The zero-order valence-corrected chi connectivity index (χ0v) is 12.1. The van der Waals surface area contributed by atoms with Crippen LogP contribution in [0.1, 0.15) is 31.1 Å². The van der Waals surface area contributed by atoms with Crippen LogP contribution in [0.25, 0.3) is 0 Å². The van der Waals surface area contributed by atoms with Crippen molar-refractivity contribution in [1.82, 2.24) is 0 Å². The van der Waals surface area contributed by atoms with Gasteiger partial charge in [0.15, 0.2) is 0 Å². The molecule has 0 aliphatic carbocycles. The van der Waals surface area contributed by atoms with Crippen molar-refractivity contribution in [3.63, 3.8) is 0 Å². The average Bonchev–Trinajstić information content (AvgIpc) is 2.40. The summed E-state index contributed by atoms with van der Waals surface area (Å²) in [4.78, 5) is 11.4. The van der Waals surface area contributed by atoms with Gasteiger partial charge in [0.1, 0.15) is 11.3 Å². The van der Waals surface area contributed by atoms with Gasteiger partial charge >= 0.3 is 5.97 Å². The van der Waals surface area contributed by atoms with Crippen LogP contribution in [0.15, 0.2) is 24.3 Å². The molecule has 0 N–H and O–H groups in total. The molecule has 0 fully saturated rings. The quantitative estimate of drug-likeness (QED) is 0.607. The number of para-hydroxylation sites is 1. The molecular formula is C13H19O4Si. The molecule has 0 aliphatic rings. The van der Waals surface area contributed by atoms with Gasteiger partial charge in [0.25, 0.3) is 0 Å². The second-order valence-corrected chi connectivity index (χ2v) is 3.37. The minimum Gasteiger partial charge on any atom is -0.493 e. The first-order valence-electron chi connectivity index (χ1n) is 5.88. The fourth-order valence-electron chi connectivity index (χ4n) is 1.13. The van der Waals surface area contributed by atoms with Crippen LogP contribution in [-0.4, -0.2) is 36.3 Å². The molecule has 0 unspecified atom stereocenters. The van der Waals surface area contributed by atoms with E-state index in [9.17, 15) is 4.79 Å². The molecule has 3 radical (unpaired) electrons. The van der Waals surface area contributed by atoms with E-state index in [1.165, 1.54) is 0 Å². The smallest absolute Gasteiger partial charge is 0.341 e. The zero-order valence-electron chi connectivity index (χ0n) is 11.1. The summed E-state index contributed by atoms with van der Waals surface area (Å²) < 4.78 is 14.5. The summed E-state index contributed by atoms with van der Waals surface area (Å²) in [6.45, 7) is 7.21. The van der Waals surface area contributed by atoms with E-state index in [4.69, 9.17) is 9.47 Å². The average molecular weight is 267 g/mol. The van der Waals surface area contributed by atoms with Crippen LogP contribution in [0.2, 0.25) is 0 Å². The van der Waals surface area contributed by atoms with Gasteiger partial charge in [0.2, 0.25) is 10.5 Å². The SMILES string of the molecule is CCOC(=O)c1ccccc1OCC.CCO[Si]. The van der Waals surface area contributed by atoms with E-state index in [-0.39, 0.29) is 5.97 Å². The summed E-state index contributed by atoms with van der Waals surface area (Å²) in [5, 5.41) is 0. The van der Waals surface area contributed by atoms with Gasteiger partial charge in [-0.15, -0.1) is 0 Å². The Hall–Kier alpha value is -1.33. The van der Waals surface area contributed by atoms with Crippen molar-refractivity contribution in [2.24, 2.45) is 0 Å². The maximum atomic E-state index is 11.4. The van der Waals surface area contributed by atoms with Crippen molar-refractivity contribution < 1.29 is 18.7 Å². The molecule has 99 valence electrons. The molecule has 0 amide bonds. The molecule has 0 bridgehead atoms. The Morgan fingerprint density at radius 1 is 1.11 bits per heavy atom. The number of benzene rings is 1. The third-order valence-electron chi connectivity index (χ3n) is 1.83.